The lowest BCUT2D eigenvalue weighted by atomic mass is 10.2. The molecule has 1 aromatic carbocycles. The van der Waals surface area contributed by atoms with Crippen LogP contribution in [0.2, 0.25) is 5.02 Å². The lowest BCUT2D eigenvalue weighted by molar-refractivity contribution is -0.120. The Morgan fingerprint density at radius 2 is 1.96 bits per heavy atom. The summed E-state index contributed by atoms with van der Waals surface area (Å²) < 4.78 is 0. The van der Waals surface area contributed by atoms with Crippen LogP contribution >= 0.6 is 23.8 Å². The van der Waals surface area contributed by atoms with Gasteiger partial charge in [-0.3, -0.25) is 20.4 Å². The molecule has 0 spiro atoms. The van der Waals surface area contributed by atoms with E-state index in [0.29, 0.717) is 21.7 Å². The zero-order valence-corrected chi connectivity index (χ0v) is 14.1. The number of hydrogen-bond acceptors (Lipinski definition) is 3. The summed E-state index contributed by atoms with van der Waals surface area (Å²) in [5.74, 6) is -0.759. The molecule has 0 heterocycles. The van der Waals surface area contributed by atoms with Crippen molar-refractivity contribution in [2.24, 2.45) is 0 Å². The minimum absolute atomic E-state index is 0.162. The summed E-state index contributed by atoms with van der Waals surface area (Å²) in [4.78, 5) is 23.5. The molecule has 0 aliphatic heterocycles. The number of benzene rings is 1. The Morgan fingerprint density at radius 1 is 1.22 bits per heavy atom. The molecule has 124 valence electrons. The van der Waals surface area contributed by atoms with Crippen LogP contribution in [0.25, 0.3) is 0 Å². The predicted molar refractivity (Wildman–Crippen MR) is 93.1 cm³/mol. The highest BCUT2D eigenvalue weighted by Gasteiger charge is 2.15. The summed E-state index contributed by atoms with van der Waals surface area (Å²) in [6.45, 7) is -0.162. The van der Waals surface area contributed by atoms with Gasteiger partial charge in [-0.2, -0.15) is 0 Å². The number of thiocarbonyl (C=S) groups is 1. The average molecular weight is 355 g/mol. The summed E-state index contributed by atoms with van der Waals surface area (Å²) in [5.41, 5.74) is 5.47. The van der Waals surface area contributed by atoms with Gasteiger partial charge in [-0.1, -0.05) is 30.5 Å². The van der Waals surface area contributed by atoms with Crippen LogP contribution in [0.15, 0.2) is 24.3 Å². The minimum atomic E-state index is -0.393. The Morgan fingerprint density at radius 3 is 2.65 bits per heavy atom. The van der Waals surface area contributed by atoms with Gasteiger partial charge in [-0.05, 0) is 43.3 Å². The number of amides is 2. The van der Waals surface area contributed by atoms with Crippen LogP contribution in [0.1, 0.15) is 36.0 Å². The molecule has 0 aromatic heterocycles. The van der Waals surface area contributed by atoms with Crippen molar-refractivity contribution in [3.8, 4) is 0 Å². The summed E-state index contributed by atoms with van der Waals surface area (Å²) in [6, 6.07) is 6.87. The molecule has 1 fully saturated rings. The lowest BCUT2D eigenvalue weighted by Crippen LogP contribution is -2.51. The molecule has 1 aromatic rings. The second-order valence-corrected chi connectivity index (χ2v) is 6.17. The van der Waals surface area contributed by atoms with E-state index in [1.54, 1.807) is 18.2 Å². The van der Waals surface area contributed by atoms with E-state index in [0.717, 1.165) is 12.8 Å². The third kappa shape index (κ3) is 6.03. The van der Waals surface area contributed by atoms with E-state index in [2.05, 4.69) is 21.5 Å². The molecule has 23 heavy (non-hydrogen) atoms. The van der Waals surface area contributed by atoms with Gasteiger partial charge in [0.25, 0.3) is 11.8 Å². The molecule has 0 bridgehead atoms. The number of carbonyl (C=O) groups excluding carboxylic acids is 2. The van der Waals surface area contributed by atoms with Gasteiger partial charge in [0.05, 0.1) is 6.54 Å². The molecular weight excluding hydrogens is 336 g/mol. The number of rotatable bonds is 4. The number of carbonyl (C=O) groups is 2. The smallest absolute Gasteiger partial charge is 0.257 e. The normalized spacial score (nSPS) is 14.1. The quantitative estimate of drug-likeness (QED) is 0.486. The van der Waals surface area contributed by atoms with Crippen LogP contribution in [0.3, 0.4) is 0 Å². The first-order valence-electron chi connectivity index (χ1n) is 7.44. The van der Waals surface area contributed by atoms with Crippen LogP contribution < -0.4 is 21.5 Å². The molecule has 0 radical (unpaired) electrons. The van der Waals surface area contributed by atoms with Crippen molar-refractivity contribution in [1.29, 1.82) is 0 Å². The van der Waals surface area contributed by atoms with Crippen LogP contribution in [0.5, 0.6) is 0 Å². The van der Waals surface area contributed by atoms with Crippen molar-refractivity contribution in [1.82, 2.24) is 21.5 Å². The molecule has 1 saturated carbocycles. The van der Waals surface area contributed by atoms with Crippen LogP contribution in [-0.2, 0) is 4.79 Å². The van der Waals surface area contributed by atoms with Crippen molar-refractivity contribution in [3.63, 3.8) is 0 Å². The van der Waals surface area contributed by atoms with Gasteiger partial charge >= 0.3 is 0 Å². The van der Waals surface area contributed by atoms with Crippen LogP contribution in [-0.4, -0.2) is 29.5 Å². The lowest BCUT2D eigenvalue weighted by Gasteiger charge is -2.16. The largest absolute Gasteiger partial charge is 0.359 e. The molecule has 0 unspecified atom stereocenters. The van der Waals surface area contributed by atoms with Gasteiger partial charge < -0.3 is 10.6 Å². The summed E-state index contributed by atoms with van der Waals surface area (Å²) in [6.07, 6.45) is 4.57. The molecule has 1 aliphatic carbocycles. The Hall–Kier alpha value is -1.86. The maximum absolute atomic E-state index is 11.9. The Kier molecular flexibility index (Phi) is 6.61. The highest BCUT2D eigenvalue weighted by Crippen LogP contribution is 2.17. The summed E-state index contributed by atoms with van der Waals surface area (Å²) in [5, 5.41) is 6.49. The predicted octanol–water partition coefficient (Wildman–Crippen LogP) is 1.51. The number of hydrogen-bond donors (Lipinski definition) is 4. The first kappa shape index (κ1) is 17.5. The van der Waals surface area contributed by atoms with E-state index >= 15 is 0 Å². The van der Waals surface area contributed by atoms with Gasteiger partial charge in [0, 0.05) is 16.6 Å². The Balaban J connectivity index is 1.66. The molecule has 0 saturated heterocycles. The summed E-state index contributed by atoms with van der Waals surface area (Å²) in [7, 11) is 0. The van der Waals surface area contributed by atoms with Gasteiger partial charge in [-0.15, -0.1) is 0 Å². The molecular formula is C15H19ClN4O2S. The van der Waals surface area contributed by atoms with Gasteiger partial charge in [0.1, 0.15) is 0 Å². The Bertz CT molecular complexity index is 591. The van der Waals surface area contributed by atoms with E-state index < -0.39 is 5.91 Å². The highest BCUT2D eigenvalue weighted by atomic mass is 35.5. The topological polar surface area (TPSA) is 82.3 Å². The fourth-order valence-electron chi connectivity index (χ4n) is 2.35. The van der Waals surface area contributed by atoms with Crippen molar-refractivity contribution in [2.45, 2.75) is 31.7 Å². The number of halogens is 1. The third-order valence-electron chi connectivity index (χ3n) is 3.50. The van der Waals surface area contributed by atoms with E-state index in [1.807, 2.05) is 0 Å². The molecule has 2 rings (SSSR count). The van der Waals surface area contributed by atoms with E-state index in [-0.39, 0.29) is 12.5 Å². The highest BCUT2D eigenvalue weighted by molar-refractivity contribution is 7.80. The van der Waals surface area contributed by atoms with Crippen molar-refractivity contribution in [3.05, 3.63) is 34.9 Å². The molecule has 8 heteroatoms. The van der Waals surface area contributed by atoms with E-state index in [1.165, 1.54) is 18.9 Å². The fraction of sp³-hybridized carbons (Fsp3) is 0.400. The SMILES string of the molecule is O=C(CNC(=O)c1cccc(Cl)c1)NNC(=S)NC1CCCC1. The standard InChI is InChI=1S/C15H19ClN4O2S/c16-11-5-3-4-10(8-11)14(22)17-9-13(21)19-20-15(23)18-12-6-1-2-7-12/h3-5,8,12H,1-2,6-7,9H2,(H,17,22)(H,19,21)(H2,18,20,23). The fourth-order valence-corrected chi connectivity index (χ4v) is 2.76. The van der Waals surface area contributed by atoms with Crippen molar-refractivity contribution in [2.75, 3.05) is 6.54 Å². The maximum atomic E-state index is 11.9. The maximum Gasteiger partial charge on any atom is 0.257 e. The number of hydrazine groups is 1. The molecule has 1 aliphatic rings. The monoisotopic (exact) mass is 354 g/mol. The zero-order chi connectivity index (χ0) is 16.7. The van der Waals surface area contributed by atoms with E-state index in [4.69, 9.17) is 23.8 Å². The van der Waals surface area contributed by atoms with Gasteiger partial charge in [-0.25, -0.2) is 0 Å². The first-order chi connectivity index (χ1) is 11.0. The molecule has 6 nitrogen and oxygen atoms in total. The molecule has 2 amide bonds. The first-order valence-corrected chi connectivity index (χ1v) is 8.22. The van der Waals surface area contributed by atoms with Gasteiger partial charge in [0.15, 0.2) is 5.11 Å². The van der Waals surface area contributed by atoms with Crippen molar-refractivity contribution < 1.29 is 9.59 Å². The minimum Gasteiger partial charge on any atom is -0.359 e. The van der Waals surface area contributed by atoms with Gasteiger partial charge in [0.2, 0.25) is 0 Å². The second kappa shape index (κ2) is 8.69. The molecule has 0 atom stereocenters. The summed E-state index contributed by atoms with van der Waals surface area (Å²) >= 11 is 10.9. The Labute approximate surface area is 145 Å². The van der Waals surface area contributed by atoms with Crippen molar-refractivity contribution >= 4 is 40.7 Å². The number of nitrogens with one attached hydrogen (secondary N) is 4. The van der Waals surface area contributed by atoms with E-state index in [9.17, 15) is 9.59 Å². The van der Waals surface area contributed by atoms with Crippen LogP contribution in [0, 0.1) is 0 Å². The third-order valence-corrected chi connectivity index (χ3v) is 3.96. The zero-order valence-electron chi connectivity index (χ0n) is 12.5. The van der Waals surface area contributed by atoms with Crippen LogP contribution in [0.4, 0.5) is 0 Å². The average Bonchev–Trinajstić information content (AvgIpc) is 3.03. The molecule has 4 N–H and O–H groups in total. The second-order valence-electron chi connectivity index (χ2n) is 5.32.